The third-order valence-corrected chi connectivity index (χ3v) is 4.93. The second-order valence-corrected chi connectivity index (χ2v) is 7.52. The molecule has 6 nitrogen and oxygen atoms in total. The average molecular weight is 440 g/mol. The summed E-state index contributed by atoms with van der Waals surface area (Å²) in [5.41, 5.74) is 3.18. The minimum Gasteiger partial charge on any atom is -0.483 e. The lowest BCUT2D eigenvalue weighted by atomic mass is 10.1. The Morgan fingerprint density at radius 3 is 2.36 bits per heavy atom. The van der Waals surface area contributed by atoms with Gasteiger partial charge in [0.05, 0.1) is 6.04 Å². The van der Waals surface area contributed by atoms with E-state index in [1.165, 1.54) is 6.08 Å². The second-order valence-electron chi connectivity index (χ2n) is 7.52. The topological polar surface area (TPSA) is 91.2 Å². The molecule has 0 bridgehead atoms. The highest BCUT2D eigenvalue weighted by atomic mass is 16.5. The Labute approximate surface area is 193 Å². The maximum absolute atomic E-state index is 12.7. The molecule has 0 saturated heterocycles. The maximum Gasteiger partial charge on any atom is 0.262 e. The van der Waals surface area contributed by atoms with Crippen molar-refractivity contribution in [3.63, 3.8) is 0 Å². The lowest BCUT2D eigenvalue weighted by Gasteiger charge is -2.14. The number of carbonyl (C=O) groups is 2. The molecule has 0 fully saturated rings. The van der Waals surface area contributed by atoms with Crippen LogP contribution in [0, 0.1) is 18.3 Å². The van der Waals surface area contributed by atoms with Crippen LogP contribution in [0.5, 0.6) is 5.75 Å². The molecule has 0 aliphatic rings. The highest BCUT2D eigenvalue weighted by Gasteiger charge is 2.15. The van der Waals surface area contributed by atoms with Crippen molar-refractivity contribution in [2.45, 2.75) is 19.9 Å². The summed E-state index contributed by atoms with van der Waals surface area (Å²) in [4.78, 5) is 24.9. The minimum absolute atomic E-state index is 0.0575. The predicted octanol–water partition coefficient (Wildman–Crippen LogP) is 4.80. The van der Waals surface area contributed by atoms with Crippen molar-refractivity contribution in [3.05, 3.63) is 101 Å². The van der Waals surface area contributed by atoms with Gasteiger partial charge >= 0.3 is 0 Å². The number of aryl methyl sites for hydroxylation is 1. The number of rotatable bonds is 8. The number of carbonyl (C=O) groups excluding carboxylic acids is 2. The van der Waals surface area contributed by atoms with Gasteiger partial charge in [-0.2, -0.15) is 5.26 Å². The molecule has 0 unspecified atom stereocenters. The first-order chi connectivity index (χ1) is 16.0. The molecule has 2 N–H and O–H groups in total. The molecule has 2 amide bonds. The number of ether oxygens (including phenoxy) is 1. The number of nitrogens with zero attached hydrogens (tertiary/aromatic N) is 1. The van der Waals surface area contributed by atoms with Crippen LogP contribution in [0.4, 0.5) is 5.69 Å². The standard InChI is InChI=1S/C27H25N3O3/c1-19-12-14-24(15-13-19)30-26(31)18-33-25-11-7-6-10-22(25)16-23(17-28)27(32)29-20(2)21-8-4-3-5-9-21/h3-16,20H,18H2,1-2H3,(H,29,32)(H,30,31)/b23-16-/t20-/m0/s1. The lowest BCUT2D eigenvalue weighted by molar-refractivity contribution is -0.118. The molecule has 0 spiro atoms. The van der Waals surface area contributed by atoms with Gasteiger partial charge < -0.3 is 15.4 Å². The Bertz CT molecular complexity index is 1180. The second kappa shape index (κ2) is 11.3. The lowest BCUT2D eigenvalue weighted by Crippen LogP contribution is -2.27. The fraction of sp³-hybridized carbons (Fsp3) is 0.148. The Hall–Kier alpha value is -4.37. The van der Waals surface area contributed by atoms with Gasteiger partial charge in [-0.05, 0) is 43.7 Å². The summed E-state index contributed by atoms with van der Waals surface area (Å²) in [6, 6.07) is 25.6. The molecule has 3 aromatic carbocycles. The molecular formula is C27H25N3O3. The Morgan fingerprint density at radius 2 is 1.67 bits per heavy atom. The van der Waals surface area contributed by atoms with Crippen LogP contribution in [0.3, 0.4) is 0 Å². The van der Waals surface area contributed by atoms with Crippen LogP contribution in [0.15, 0.2) is 84.4 Å². The molecule has 0 heterocycles. The first-order valence-corrected chi connectivity index (χ1v) is 10.5. The van der Waals surface area contributed by atoms with Crippen molar-refractivity contribution < 1.29 is 14.3 Å². The van der Waals surface area contributed by atoms with E-state index >= 15 is 0 Å². The number of para-hydroxylation sites is 1. The Morgan fingerprint density at radius 1 is 1.00 bits per heavy atom. The Balaban J connectivity index is 1.67. The summed E-state index contributed by atoms with van der Waals surface area (Å²) in [5, 5.41) is 15.2. The van der Waals surface area contributed by atoms with Gasteiger partial charge in [0.1, 0.15) is 17.4 Å². The SMILES string of the molecule is Cc1ccc(NC(=O)COc2ccccc2/C=C(/C#N)C(=O)N[C@@H](C)c2ccccc2)cc1. The summed E-state index contributed by atoms with van der Waals surface area (Å²) >= 11 is 0. The van der Waals surface area contributed by atoms with Crippen LogP contribution in [0.2, 0.25) is 0 Å². The van der Waals surface area contributed by atoms with Crippen LogP contribution in [-0.4, -0.2) is 18.4 Å². The highest BCUT2D eigenvalue weighted by molar-refractivity contribution is 6.02. The number of nitriles is 1. The van der Waals surface area contributed by atoms with Gasteiger partial charge in [0, 0.05) is 11.3 Å². The van der Waals surface area contributed by atoms with Gasteiger partial charge in [0.2, 0.25) is 0 Å². The normalized spacial score (nSPS) is 11.7. The van der Waals surface area contributed by atoms with Crippen LogP contribution in [-0.2, 0) is 9.59 Å². The van der Waals surface area contributed by atoms with E-state index in [1.807, 2.05) is 74.5 Å². The number of amides is 2. The number of nitrogens with one attached hydrogen (secondary N) is 2. The van der Waals surface area contributed by atoms with E-state index in [0.717, 1.165) is 11.1 Å². The molecule has 33 heavy (non-hydrogen) atoms. The molecule has 0 aliphatic carbocycles. The first kappa shape index (κ1) is 23.3. The zero-order chi connectivity index (χ0) is 23.6. The van der Waals surface area contributed by atoms with E-state index in [9.17, 15) is 14.9 Å². The molecule has 1 atom stereocenters. The molecular weight excluding hydrogens is 414 g/mol. The summed E-state index contributed by atoms with van der Waals surface area (Å²) in [6.07, 6.45) is 1.46. The van der Waals surface area contributed by atoms with E-state index in [1.54, 1.807) is 24.3 Å². The predicted molar refractivity (Wildman–Crippen MR) is 128 cm³/mol. The first-order valence-electron chi connectivity index (χ1n) is 10.5. The number of benzene rings is 3. The maximum atomic E-state index is 12.7. The zero-order valence-corrected chi connectivity index (χ0v) is 18.5. The number of hydrogen-bond acceptors (Lipinski definition) is 4. The van der Waals surface area contributed by atoms with Crippen molar-refractivity contribution in [2.24, 2.45) is 0 Å². The molecule has 0 aromatic heterocycles. The summed E-state index contributed by atoms with van der Waals surface area (Å²) in [5.74, 6) is -0.401. The molecule has 3 aromatic rings. The third kappa shape index (κ3) is 6.81. The van der Waals surface area contributed by atoms with Gasteiger partial charge in [-0.3, -0.25) is 9.59 Å². The summed E-state index contributed by atoms with van der Waals surface area (Å²) in [6.45, 7) is 3.61. The van der Waals surface area contributed by atoms with Crippen LogP contribution >= 0.6 is 0 Å². The van der Waals surface area contributed by atoms with Crippen molar-refractivity contribution in [1.82, 2.24) is 5.32 Å². The summed E-state index contributed by atoms with van der Waals surface area (Å²) in [7, 11) is 0. The molecule has 0 aliphatic heterocycles. The van der Waals surface area contributed by atoms with E-state index in [0.29, 0.717) is 17.0 Å². The van der Waals surface area contributed by atoms with Crippen LogP contribution in [0.1, 0.15) is 29.7 Å². The van der Waals surface area contributed by atoms with E-state index in [-0.39, 0.29) is 24.1 Å². The highest BCUT2D eigenvalue weighted by Crippen LogP contribution is 2.22. The summed E-state index contributed by atoms with van der Waals surface area (Å²) < 4.78 is 5.67. The van der Waals surface area contributed by atoms with Crippen LogP contribution in [0.25, 0.3) is 6.08 Å². The third-order valence-electron chi connectivity index (χ3n) is 4.93. The average Bonchev–Trinajstić information content (AvgIpc) is 2.83. The van der Waals surface area contributed by atoms with Gasteiger partial charge in [-0.1, -0.05) is 66.2 Å². The van der Waals surface area contributed by atoms with E-state index in [2.05, 4.69) is 10.6 Å². The fourth-order valence-corrected chi connectivity index (χ4v) is 3.11. The number of anilines is 1. The van der Waals surface area contributed by atoms with Crippen molar-refractivity contribution in [1.29, 1.82) is 5.26 Å². The van der Waals surface area contributed by atoms with Gasteiger partial charge in [0.25, 0.3) is 11.8 Å². The minimum atomic E-state index is -0.485. The largest absolute Gasteiger partial charge is 0.483 e. The van der Waals surface area contributed by atoms with Crippen LogP contribution < -0.4 is 15.4 Å². The Kier molecular flexibility index (Phi) is 7.98. The monoisotopic (exact) mass is 439 g/mol. The van der Waals surface area contributed by atoms with E-state index in [4.69, 9.17) is 4.74 Å². The molecule has 3 rings (SSSR count). The van der Waals surface area contributed by atoms with Gasteiger partial charge in [0.15, 0.2) is 6.61 Å². The molecule has 0 radical (unpaired) electrons. The number of hydrogen-bond donors (Lipinski definition) is 2. The molecule has 0 saturated carbocycles. The smallest absolute Gasteiger partial charge is 0.262 e. The molecule has 166 valence electrons. The van der Waals surface area contributed by atoms with Gasteiger partial charge in [-0.15, -0.1) is 0 Å². The molecule has 6 heteroatoms. The van der Waals surface area contributed by atoms with Crippen molar-refractivity contribution in [3.8, 4) is 11.8 Å². The van der Waals surface area contributed by atoms with Crippen molar-refractivity contribution in [2.75, 3.05) is 11.9 Å². The van der Waals surface area contributed by atoms with Crippen molar-refractivity contribution >= 4 is 23.6 Å². The fourth-order valence-electron chi connectivity index (χ4n) is 3.11. The van der Waals surface area contributed by atoms with E-state index < -0.39 is 5.91 Å². The zero-order valence-electron chi connectivity index (χ0n) is 18.5. The van der Waals surface area contributed by atoms with Gasteiger partial charge in [-0.25, -0.2) is 0 Å². The quantitative estimate of drug-likeness (QED) is 0.390.